The zero-order valence-corrected chi connectivity index (χ0v) is 24.2. The van der Waals surface area contributed by atoms with E-state index in [-0.39, 0.29) is 6.61 Å². The molecule has 0 aromatic heterocycles. The summed E-state index contributed by atoms with van der Waals surface area (Å²) >= 11 is 0. The molecule has 0 N–H and O–H groups in total. The fourth-order valence-corrected chi connectivity index (χ4v) is 5.89. The molecule has 0 spiro atoms. The molecule has 0 atom stereocenters. The predicted molar refractivity (Wildman–Crippen MR) is 158 cm³/mol. The molecule has 212 valence electrons. The van der Waals surface area contributed by atoms with Crippen LogP contribution in [0.15, 0.2) is 91.0 Å². The maximum absolute atomic E-state index is 6.36. The van der Waals surface area contributed by atoms with Crippen LogP contribution in [0.1, 0.15) is 28.5 Å². The van der Waals surface area contributed by atoms with E-state index in [2.05, 4.69) is 0 Å². The summed E-state index contributed by atoms with van der Waals surface area (Å²) in [4.78, 5) is 0. The third-order valence-electron chi connectivity index (χ3n) is 6.31. The van der Waals surface area contributed by atoms with Gasteiger partial charge in [-0.3, -0.25) is 4.52 Å². The molecule has 4 aromatic carbocycles. The largest absolute Gasteiger partial charge is 0.628 e. The van der Waals surface area contributed by atoms with Gasteiger partial charge < -0.3 is 18.9 Å². The van der Waals surface area contributed by atoms with Crippen LogP contribution in [-0.2, 0) is 20.2 Å². The standard InChI is InChI=1S/C32H32O8P/c1-33-27-18-17-23(15-16-25-20-29(34-2)31(36-4)30(21-25)35-3)19-28(27)38-41(37-22-24-11-7-5-8-12-24)39-32(40-41)26-13-9-6-10-14-26/h5-21,32H,22H2,1-4H3/q+1/b16-15+. The van der Waals surface area contributed by atoms with Gasteiger partial charge >= 0.3 is 8.17 Å². The van der Waals surface area contributed by atoms with E-state index < -0.39 is 14.5 Å². The van der Waals surface area contributed by atoms with Gasteiger partial charge in [-0.05, 0) is 41.0 Å². The van der Waals surface area contributed by atoms with Crippen LogP contribution in [0.2, 0.25) is 0 Å². The van der Waals surface area contributed by atoms with E-state index in [1.54, 1.807) is 28.4 Å². The van der Waals surface area contributed by atoms with Gasteiger partial charge in [0.1, 0.15) is 6.61 Å². The molecule has 1 saturated heterocycles. The van der Waals surface area contributed by atoms with Crippen LogP contribution in [-0.4, -0.2) is 28.4 Å². The van der Waals surface area contributed by atoms with E-state index in [9.17, 15) is 0 Å². The van der Waals surface area contributed by atoms with E-state index in [4.69, 9.17) is 37.0 Å². The molecule has 0 radical (unpaired) electrons. The Balaban J connectivity index is 1.40. The number of ether oxygens (including phenoxy) is 4. The van der Waals surface area contributed by atoms with E-state index >= 15 is 0 Å². The summed E-state index contributed by atoms with van der Waals surface area (Å²) in [5.41, 5.74) is 3.57. The van der Waals surface area contributed by atoms with E-state index in [0.29, 0.717) is 28.7 Å². The summed E-state index contributed by atoms with van der Waals surface area (Å²) in [5.74, 6) is 2.63. The molecule has 0 unspecified atom stereocenters. The first-order valence-corrected chi connectivity index (χ1v) is 14.4. The summed E-state index contributed by atoms with van der Waals surface area (Å²) in [6.45, 7) is 0.263. The van der Waals surface area contributed by atoms with E-state index in [1.165, 1.54) is 0 Å². The van der Waals surface area contributed by atoms with Gasteiger partial charge in [0.25, 0.3) is 6.29 Å². The van der Waals surface area contributed by atoms with Crippen molar-refractivity contribution in [3.63, 3.8) is 0 Å². The summed E-state index contributed by atoms with van der Waals surface area (Å²) < 4.78 is 46.9. The number of rotatable bonds is 12. The average molecular weight is 576 g/mol. The van der Waals surface area contributed by atoms with Crippen LogP contribution in [0.5, 0.6) is 28.7 Å². The first-order chi connectivity index (χ1) is 20.1. The predicted octanol–water partition coefficient (Wildman–Crippen LogP) is 7.91. The Kier molecular flexibility index (Phi) is 9.07. The highest BCUT2D eigenvalue weighted by atomic mass is 31.2. The van der Waals surface area contributed by atoms with Crippen LogP contribution in [0.3, 0.4) is 0 Å². The van der Waals surface area contributed by atoms with Crippen molar-refractivity contribution in [3.05, 3.63) is 113 Å². The van der Waals surface area contributed by atoms with Crippen molar-refractivity contribution < 1.29 is 37.0 Å². The molecule has 41 heavy (non-hydrogen) atoms. The molecule has 1 heterocycles. The zero-order valence-electron chi connectivity index (χ0n) is 23.3. The molecule has 8 nitrogen and oxygen atoms in total. The van der Waals surface area contributed by atoms with Gasteiger partial charge in [0.15, 0.2) is 17.2 Å². The van der Waals surface area contributed by atoms with Crippen LogP contribution in [0.4, 0.5) is 0 Å². The third-order valence-corrected chi connectivity index (χ3v) is 8.07. The highest BCUT2D eigenvalue weighted by Crippen LogP contribution is 2.76. The van der Waals surface area contributed by atoms with Crippen molar-refractivity contribution in [2.75, 3.05) is 28.4 Å². The molecule has 0 bridgehead atoms. The van der Waals surface area contributed by atoms with Crippen molar-refractivity contribution >= 4 is 20.3 Å². The Bertz CT molecular complexity index is 1440. The second-order valence-corrected chi connectivity index (χ2v) is 10.7. The molecule has 0 amide bonds. The lowest BCUT2D eigenvalue weighted by Gasteiger charge is -2.32. The summed E-state index contributed by atoms with van der Waals surface area (Å²) in [6.07, 6.45) is 3.29. The Morgan fingerprint density at radius 1 is 0.634 bits per heavy atom. The van der Waals surface area contributed by atoms with Gasteiger partial charge in [-0.1, -0.05) is 78.9 Å². The minimum absolute atomic E-state index is 0.263. The molecule has 0 aliphatic carbocycles. The number of benzene rings is 4. The van der Waals surface area contributed by atoms with Crippen molar-refractivity contribution in [1.29, 1.82) is 0 Å². The smallest absolute Gasteiger partial charge is 0.493 e. The maximum Gasteiger partial charge on any atom is 0.628 e. The maximum atomic E-state index is 6.36. The summed E-state index contributed by atoms with van der Waals surface area (Å²) in [5, 5.41) is 0. The average Bonchev–Trinajstić information content (AvgIpc) is 3.01. The Morgan fingerprint density at radius 2 is 1.22 bits per heavy atom. The Hall–Kier alpha value is -4.07. The van der Waals surface area contributed by atoms with E-state index in [1.807, 2.05) is 103 Å². The molecule has 4 aromatic rings. The molecule has 1 aliphatic rings. The van der Waals surface area contributed by atoms with Crippen LogP contribution in [0, 0.1) is 0 Å². The van der Waals surface area contributed by atoms with Crippen LogP contribution in [0.25, 0.3) is 12.2 Å². The quantitative estimate of drug-likeness (QED) is 0.125. The molecular formula is C32H32O8P+. The lowest BCUT2D eigenvalue weighted by atomic mass is 10.1. The molecule has 0 saturated carbocycles. The summed E-state index contributed by atoms with van der Waals surface area (Å²) in [7, 11) is 3.13. The second kappa shape index (κ2) is 13.1. The monoisotopic (exact) mass is 575 g/mol. The highest BCUT2D eigenvalue weighted by molar-refractivity contribution is 7.57. The minimum Gasteiger partial charge on any atom is -0.493 e. The molecule has 9 heteroatoms. The SMILES string of the molecule is COc1ccc(/C=C/c2cc(OC)c(OC)c(OC)c2)cc1O[P+]1(OCc2ccccc2)OC(c2ccccc2)O1. The number of hydrogen-bond donors (Lipinski definition) is 0. The van der Waals surface area contributed by atoms with Crippen molar-refractivity contribution in [2.45, 2.75) is 12.9 Å². The lowest BCUT2D eigenvalue weighted by Crippen LogP contribution is -2.28. The van der Waals surface area contributed by atoms with Gasteiger partial charge in [-0.2, -0.15) is 0 Å². The zero-order chi connectivity index (χ0) is 28.7. The van der Waals surface area contributed by atoms with Crippen molar-refractivity contribution in [2.24, 2.45) is 0 Å². The lowest BCUT2D eigenvalue weighted by molar-refractivity contribution is -0.148. The molecular weight excluding hydrogens is 543 g/mol. The van der Waals surface area contributed by atoms with Crippen LogP contribution >= 0.6 is 8.17 Å². The van der Waals surface area contributed by atoms with Crippen molar-refractivity contribution in [3.8, 4) is 28.7 Å². The van der Waals surface area contributed by atoms with Gasteiger partial charge in [0.2, 0.25) is 11.5 Å². The van der Waals surface area contributed by atoms with Crippen molar-refractivity contribution in [1.82, 2.24) is 0 Å². The van der Waals surface area contributed by atoms with Gasteiger partial charge in [-0.25, -0.2) is 0 Å². The fourth-order valence-electron chi connectivity index (χ4n) is 4.21. The fraction of sp³-hybridized carbons (Fsp3) is 0.188. The molecule has 1 fully saturated rings. The number of methoxy groups -OCH3 is 4. The summed E-state index contributed by atoms with van der Waals surface area (Å²) in [6, 6.07) is 28.8. The normalized spacial score (nSPS) is 18.0. The third kappa shape index (κ3) is 6.64. The van der Waals surface area contributed by atoms with Gasteiger partial charge in [0, 0.05) is 5.56 Å². The van der Waals surface area contributed by atoms with E-state index in [0.717, 1.165) is 22.3 Å². The molecule has 1 aliphatic heterocycles. The Morgan fingerprint density at radius 3 is 1.83 bits per heavy atom. The molecule has 5 rings (SSSR count). The van der Waals surface area contributed by atoms with Gasteiger partial charge in [-0.15, -0.1) is 13.6 Å². The minimum atomic E-state index is -3.20. The van der Waals surface area contributed by atoms with Crippen LogP contribution < -0.4 is 23.5 Å². The topological polar surface area (TPSA) is 73.8 Å². The van der Waals surface area contributed by atoms with Gasteiger partial charge in [0.05, 0.1) is 28.4 Å². The highest BCUT2D eigenvalue weighted by Gasteiger charge is 2.67. The first kappa shape index (κ1) is 28.5. The first-order valence-electron chi connectivity index (χ1n) is 12.9. The second-order valence-electron chi connectivity index (χ2n) is 8.95. The number of hydrogen-bond acceptors (Lipinski definition) is 8. The Labute approximate surface area is 240 Å².